The van der Waals surface area contributed by atoms with Crippen molar-refractivity contribution in [1.82, 2.24) is 10.6 Å². The first-order chi connectivity index (χ1) is 14.6. The minimum atomic E-state index is 0.296. The van der Waals surface area contributed by atoms with Crippen LogP contribution < -0.4 is 15.4 Å². The first-order valence-electron chi connectivity index (χ1n) is 10.7. The predicted octanol–water partition coefficient (Wildman–Crippen LogP) is 3.41. The molecule has 0 aliphatic carbocycles. The molecule has 2 aromatic rings. The Morgan fingerprint density at radius 3 is 2.90 bits per heavy atom. The summed E-state index contributed by atoms with van der Waals surface area (Å²) in [5, 5.41) is 16.3. The lowest BCUT2D eigenvalue weighted by atomic mass is 10.1. The largest absolute Gasteiger partial charge is 0.508 e. The van der Waals surface area contributed by atoms with E-state index in [1.54, 1.807) is 12.1 Å². The Labute approximate surface area is 179 Å². The summed E-state index contributed by atoms with van der Waals surface area (Å²) < 4.78 is 11.6. The van der Waals surface area contributed by atoms with Crippen LogP contribution in [0.1, 0.15) is 30.0 Å². The highest BCUT2D eigenvalue weighted by Crippen LogP contribution is 2.23. The van der Waals surface area contributed by atoms with Crippen molar-refractivity contribution in [3.05, 3.63) is 59.2 Å². The zero-order valence-electron chi connectivity index (χ0n) is 18.0. The van der Waals surface area contributed by atoms with Gasteiger partial charge in [-0.15, -0.1) is 0 Å². The molecule has 1 atom stereocenters. The van der Waals surface area contributed by atoms with Crippen LogP contribution >= 0.6 is 0 Å². The van der Waals surface area contributed by atoms with E-state index in [9.17, 15) is 5.11 Å². The zero-order chi connectivity index (χ0) is 21.2. The van der Waals surface area contributed by atoms with Gasteiger partial charge in [0.25, 0.3) is 0 Å². The minimum Gasteiger partial charge on any atom is -0.508 e. The number of nitrogens with zero attached hydrogens (tertiary/aromatic N) is 1. The minimum absolute atomic E-state index is 0.296. The topological polar surface area (TPSA) is 75.1 Å². The summed E-state index contributed by atoms with van der Waals surface area (Å²) in [4.78, 5) is 4.74. The summed E-state index contributed by atoms with van der Waals surface area (Å²) in [5.74, 6) is 2.44. The van der Waals surface area contributed by atoms with E-state index in [0.717, 1.165) is 62.0 Å². The molecule has 30 heavy (non-hydrogen) atoms. The smallest absolute Gasteiger partial charge is 0.191 e. The molecule has 1 unspecified atom stereocenters. The molecule has 0 saturated carbocycles. The molecular weight excluding hydrogens is 378 g/mol. The van der Waals surface area contributed by atoms with Gasteiger partial charge in [-0.3, -0.25) is 0 Å². The van der Waals surface area contributed by atoms with Gasteiger partial charge in [0.1, 0.15) is 11.5 Å². The van der Waals surface area contributed by atoms with Crippen LogP contribution in [-0.2, 0) is 17.7 Å². The van der Waals surface area contributed by atoms with Gasteiger partial charge in [0.05, 0.1) is 19.8 Å². The standard InChI is InChI=1S/C24H33N3O3/c1-3-25-24(26-11-9-19-5-4-6-22(28)14-19)27-15-21-8-7-18(2)13-23(21)30-17-20-10-12-29-16-20/h4-8,13-14,20,28H,3,9-12,15-17H2,1-2H3,(H2,25,26,27). The lowest BCUT2D eigenvalue weighted by Crippen LogP contribution is -2.38. The van der Waals surface area contributed by atoms with Crippen molar-refractivity contribution in [2.75, 3.05) is 32.9 Å². The second-order valence-corrected chi connectivity index (χ2v) is 7.69. The first kappa shape index (κ1) is 22.0. The Balaban J connectivity index is 1.58. The lowest BCUT2D eigenvalue weighted by molar-refractivity contribution is 0.166. The number of phenolic OH excluding ortho intramolecular Hbond substituents is 1. The highest BCUT2D eigenvalue weighted by Gasteiger charge is 2.17. The Hall–Kier alpha value is -2.73. The van der Waals surface area contributed by atoms with Gasteiger partial charge in [-0.05, 0) is 56.0 Å². The number of aryl methyl sites for hydroxylation is 1. The number of phenols is 1. The summed E-state index contributed by atoms with van der Waals surface area (Å²) in [7, 11) is 0. The van der Waals surface area contributed by atoms with Crippen molar-refractivity contribution >= 4 is 5.96 Å². The molecule has 1 fully saturated rings. The molecule has 3 N–H and O–H groups in total. The third-order valence-electron chi connectivity index (χ3n) is 5.09. The molecule has 1 aliphatic rings. The Bertz CT molecular complexity index is 832. The van der Waals surface area contributed by atoms with Gasteiger partial charge in [0.2, 0.25) is 0 Å². The van der Waals surface area contributed by atoms with Crippen molar-refractivity contribution < 1.29 is 14.6 Å². The van der Waals surface area contributed by atoms with Gasteiger partial charge in [-0.2, -0.15) is 0 Å². The van der Waals surface area contributed by atoms with Crippen LogP contribution in [0, 0.1) is 12.8 Å². The van der Waals surface area contributed by atoms with E-state index >= 15 is 0 Å². The van der Waals surface area contributed by atoms with E-state index in [-0.39, 0.29) is 0 Å². The highest BCUT2D eigenvalue weighted by molar-refractivity contribution is 5.79. The number of aliphatic imine (C=N–C) groups is 1. The fourth-order valence-electron chi connectivity index (χ4n) is 3.39. The predicted molar refractivity (Wildman–Crippen MR) is 120 cm³/mol. The van der Waals surface area contributed by atoms with Crippen LogP contribution in [0.5, 0.6) is 11.5 Å². The van der Waals surface area contributed by atoms with E-state index in [4.69, 9.17) is 14.5 Å². The van der Waals surface area contributed by atoms with Crippen LogP contribution in [0.25, 0.3) is 0 Å². The average molecular weight is 412 g/mol. The fraction of sp³-hybridized carbons (Fsp3) is 0.458. The number of guanidine groups is 1. The summed E-state index contributed by atoms with van der Waals surface area (Å²) in [6.07, 6.45) is 1.87. The number of hydrogen-bond acceptors (Lipinski definition) is 4. The van der Waals surface area contributed by atoms with Crippen LogP contribution in [0.3, 0.4) is 0 Å². The van der Waals surface area contributed by atoms with Crippen LogP contribution in [0.15, 0.2) is 47.5 Å². The van der Waals surface area contributed by atoms with Gasteiger partial charge in [0, 0.05) is 31.2 Å². The van der Waals surface area contributed by atoms with E-state index in [1.807, 2.05) is 12.1 Å². The molecule has 0 spiro atoms. The molecule has 0 amide bonds. The van der Waals surface area contributed by atoms with Gasteiger partial charge in [-0.25, -0.2) is 4.99 Å². The Morgan fingerprint density at radius 1 is 1.23 bits per heavy atom. The summed E-state index contributed by atoms with van der Waals surface area (Å²) in [5.41, 5.74) is 3.34. The first-order valence-corrected chi connectivity index (χ1v) is 10.7. The monoisotopic (exact) mass is 411 g/mol. The SMILES string of the molecule is CCNC(=NCc1ccc(C)cc1OCC1CCOC1)NCCc1cccc(O)c1. The van der Waals surface area contributed by atoms with E-state index in [0.29, 0.717) is 24.8 Å². The number of benzene rings is 2. The molecule has 0 bridgehead atoms. The summed E-state index contributed by atoms with van der Waals surface area (Å²) in [6.45, 7) is 8.49. The van der Waals surface area contributed by atoms with Crippen molar-refractivity contribution in [1.29, 1.82) is 0 Å². The molecule has 1 saturated heterocycles. The van der Waals surface area contributed by atoms with Gasteiger partial charge >= 0.3 is 0 Å². The number of nitrogens with one attached hydrogen (secondary N) is 2. The molecule has 6 heteroatoms. The molecule has 0 aromatic heterocycles. The number of hydrogen-bond donors (Lipinski definition) is 3. The lowest BCUT2D eigenvalue weighted by Gasteiger charge is -2.15. The normalized spacial score (nSPS) is 16.5. The Morgan fingerprint density at radius 2 is 2.13 bits per heavy atom. The van der Waals surface area contributed by atoms with Crippen LogP contribution in [-0.4, -0.2) is 44.0 Å². The number of aromatic hydroxyl groups is 1. The van der Waals surface area contributed by atoms with Gasteiger partial charge in [-0.1, -0.05) is 24.3 Å². The Kier molecular flexibility index (Phi) is 8.39. The van der Waals surface area contributed by atoms with Crippen LogP contribution in [0.4, 0.5) is 0 Å². The maximum atomic E-state index is 9.60. The van der Waals surface area contributed by atoms with Gasteiger partial charge in [0.15, 0.2) is 5.96 Å². The molecule has 1 heterocycles. The van der Waals surface area contributed by atoms with E-state index in [2.05, 4.69) is 42.7 Å². The van der Waals surface area contributed by atoms with Crippen molar-refractivity contribution in [3.8, 4) is 11.5 Å². The molecule has 3 rings (SSSR count). The molecule has 2 aromatic carbocycles. The number of ether oxygens (including phenoxy) is 2. The van der Waals surface area contributed by atoms with E-state index in [1.165, 1.54) is 5.56 Å². The molecule has 1 aliphatic heterocycles. The second-order valence-electron chi connectivity index (χ2n) is 7.69. The number of rotatable bonds is 9. The molecule has 0 radical (unpaired) electrons. The van der Waals surface area contributed by atoms with Crippen molar-refractivity contribution in [2.45, 2.75) is 33.2 Å². The fourth-order valence-corrected chi connectivity index (χ4v) is 3.39. The second kappa shape index (κ2) is 11.5. The van der Waals surface area contributed by atoms with Crippen LogP contribution in [0.2, 0.25) is 0 Å². The summed E-state index contributed by atoms with van der Waals surface area (Å²) in [6, 6.07) is 13.6. The van der Waals surface area contributed by atoms with Gasteiger partial charge < -0.3 is 25.2 Å². The van der Waals surface area contributed by atoms with E-state index < -0.39 is 0 Å². The third-order valence-corrected chi connectivity index (χ3v) is 5.09. The maximum Gasteiger partial charge on any atom is 0.191 e. The summed E-state index contributed by atoms with van der Waals surface area (Å²) >= 11 is 0. The molecular formula is C24H33N3O3. The third kappa shape index (κ3) is 6.95. The zero-order valence-corrected chi connectivity index (χ0v) is 18.0. The average Bonchev–Trinajstić information content (AvgIpc) is 3.25. The maximum absolute atomic E-state index is 9.60. The molecule has 6 nitrogen and oxygen atoms in total. The quantitative estimate of drug-likeness (QED) is 0.436. The van der Waals surface area contributed by atoms with Crippen molar-refractivity contribution in [2.24, 2.45) is 10.9 Å². The van der Waals surface area contributed by atoms with Crippen molar-refractivity contribution in [3.63, 3.8) is 0 Å². The highest BCUT2D eigenvalue weighted by atomic mass is 16.5. The molecule has 162 valence electrons.